The molecule has 0 saturated carbocycles. The third kappa shape index (κ3) is 3.17. The van der Waals surface area contributed by atoms with Crippen LogP contribution in [0.4, 0.5) is 11.5 Å². The molecule has 0 bridgehead atoms. The highest BCUT2D eigenvalue weighted by atomic mass is 32.1. The molecule has 3 aromatic rings. The van der Waals surface area contributed by atoms with E-state index < -0.39 is 0 Å². The number of anilines is 2. The summed E-state index contributed by atoms with van der Waals surface area (Å²) in [6.07, 6.45) is 1.35. The van der Waals surface area contributed by atoms with Crippen molar-refractivity contribution in [3.05, 3.63) is 47.1 Å². The Morgan fingerprint density at radius 3 is 2.65 bits per heavy atom. The first-order valence-corrected chi connectivity index (χ1v) is 8.15. The molecule has 0 fully saturated rings. The molecule has 118 valence electrons. The van der Waals surface area contributed by atoms with Gasteiger partial charge in [-0.3, -0.25) is 0 Å². The second kappa shape index (κ2) is 6.34. The van der Waals surface area contributed by atoms with Gasteiger partial charge >= 0.3 is 5.97 Å². The number of aromatic nitrogens is 2. The Bertz CT molecular complexity index is 844. The first kappa shape index (κ1) is 15.4. The van der Waals surface area contributed by atoms with Gasteiger partial charge in [-0.2, -0.15) is 0 Å². The van der Waals surface area contributed by atoms with Crippen molar-refractivity contribution in [2.75, 3.05) is 5.32 Å². The number of para-hydroxylation sites is 1. The number of thiophene rings is 1. The molecule has 0 saturated heterocycles. The highest BCUT2D eigenvalue weighted by Gasteiger charge is 2.21. The molecule has 0 atom stereocenters. The van der Waals surface area contributed by atoms with Crippen molar-refractivity contribution in [2.45, 2.75) is 26.9 Å². The number of esters is 1. The number of benzene rings is 1. The molecule has 6 heteroatoms. The van der Waals surface area contributed by atoms with Crippen LogP contribution in [0.3, 0.4) is 0 Å². The second-order valence-electron chi connectivity index (χ2n) is 5.40. The Labute approximate surface area is 138 Å². The number of hydrogen-bond donors (Lipinski definition) is 1. The number of carbonyl (C=O) groups excluding carboxylic acids is 1. The maximum atomic E-state index is 12.2. The molecule has 0 amide bonds. The van der Waals surface area contributed by atoms with E-state index in [2.05, 4.69) is 15.3 Å². The summed E-state index contributed by atoms with van der Waals surface area (Å²) >= 11 is 1.33. The lowest BCUT2D eigenvalue weighted by molar-refractivity contribution is 0.0383. The van der Waals surface area contributed by atoms with E-state index >= 15 is 0 Å². The van der Waals surface area contributed by atoms with Crippen LogP contribution in [0.15, 0.2) is 36.7 Å². The van der Waals surface area contributed by atoms with Crippen LogP contribution < -0.4 is 5.32 Å². The molecular formula is C17H17N3O2S. The highest BCUT2D eigenvalue weighted by Crippen LogP contribution is 2.34. The zero-order chi connectivity index (χ0) is 16.4. The first-order chi connectivity index (χ1) is 11.1. The minimum atomic E-state index is -0.314. The molecule has 1 aromatic carbocycles. The summed E-state index contributed by atoms with van der Waals surface area (Å²) in [5.41, 5.74) is 1.78. The molecule has 2 heterocycles. The molecule has 0 aliphatic heterocycles. The summed E-state index contributed by atoms with van der Waals surface area (Å²) in [7, 11) is 0. The van der Waals surface area contributed by atoms with Crippen LogP contribution in [0.2, 0.25) is 0 Å². The van der Waals surface area contributed by atoms with E-state index in [0.29, 0.717) is 10.7 Å². The van der Waals surface area contributed by atoms with Gasteiger partial charge in [-0.25, -0.2) is 14.8 Å². The van der Waals surface area contributed by atoms with Gasteiger partial charge in [0.15, 0.2) is 0 Å². The third-order valence-electron chi connectivity index (χ3n) is 3.29. The van der Waals surface area contributed by atoms with E-state index in [1.54, 1.807) is 0 Å². The average Bonchev–Trinajstić information content (AvgIpc) is 2.86. The molecule has 5 nitrogen and oxygen atoms in total. The van der Waals surface area contributed by atoms with Crippen LogP contribution >= 0.6 is 11.3 Å². The van der Waals surface area contributed by atoms with Gasteiger partial charge in [-0.1, -0.05) is 18.2 Å². The van der Waals surface area contributed by atoms with Crippen LogP contribution in [0.1, 0.15) is 29.1 Å². The Balaban J connectivity index is 2.04. The fraction of sp³-hybridized carbons (Fsp3) is 0.235. The van der Waals surface area contributed by atoms with E-state index in [-0.39, 0.29) is 12.1 Å². The maximum Gasteiger partial charge on any atom is 0.348 e. The molecule has 0 aliphatic rings. The lowest BCUT2D eigenvalue weighted by Gasteiger charge is -2.08. The Morgan fingerprint density at radius 1 is 1.22 bits per heavy atom. The summed E-state index contributed by atoms with van der Waals surface area (Å²) in [6, 6.07) is 9.78. The summed E-state index contributed by atoms with van der Waals surface area (Å²) in [5, 5.41) is 4.14. The molecule has 0 spiro atoms. The smallest absolute Gasteiger partial charge is 0.348 e. The average molecular weight is 327 g/mol. The fourth-order valence-corrected chi connectivity index (χ4v) is 3.32. The first-order valence-electron chi connectivity index (χ1n) is 7.33. The fourth-order valence-electron chi connectivity index (χ4n) is 2.29. The summed E-state index contributed by atoms with van der Waals surface area (Å²) in [4.78, 5) is 22.2. The molecule has 0 unspecified atom stereocenters. The van der Waals surface area contributed by atoms with Crippen molar-refractivity contribution in [1.29, 1.82) is 0 Å². The van der Waals surface area contributed by atoms with Crippen molar-refractivity contribution in [3.63, 3.8) is 0 Å². The normalized spacial score (nSPS) is 11.0. The van der Waals surface area contributed by atoms with Crippen LogP contribution in [0, 0.1) is 6.92 Å². The van der Waals surface area contributed by atoms with E-state index in [4.69, 9.17) is 4.74 Å². The van der Waals surface area contributed by atoms with Gasteiger partial charge in [0.1, 0.15) is 21.9 Å². The van der Waals surface area contributed by atoms with Crippen LogP contribution in [-0.4, -0.2) is 22.0 Å². The second-order valence-corrected chi connectivity index (χ2v) is 6.40. The predicted molar refractivity (Wildman–Crippen MR) is 92.4 cm³/mol. The van der Waals surface area contributed by atoms with Crippen molar-refractivity contribution in [2.24, 2.45) is 0 Å². The number of hydrogen-bond acceptors (Lipinski definition) is 6. The SMILES string of the molecule is Cc1c(C(=O)OC(C)C)sc2ncnc(Nc3ccccc3)c12. The number of nitrogens with one attached hydrogen (secondary N) is 1. The zero-order valence-electron chi connectivity index (χ0n) is 13.2. The van der Waals surface area contributed by atoms with Gasteiger partial charge in [-0.05, 0) is 38.5 Å². The topological polar surface area (TPSA) is 64.1 Å². The van der Waals surface area contributed by atoms with Crippen LogP contribution in [0.5, 0.6) is 0 Å². The summed E-state index contributed by atoms with van der Waals surface area (Å²) < 4.78 is 5.31. The Morgan fingerprint density at radius 2 is 1.96 bits per heavy atom. The third-order valence-corrected chi connectivity index (χ3v) is 4.47. The number of rotatable bonds is 4. The summed E-state index contributed by atoms with van der Waals surface area (Å²) in [5.74, 6) is 0.379. The standard InChI is InChI=1S/C17H17N3O2S/c1-10(2)22-17(21)14-11(3)13-15(18-9-19-16(13)23-14)20-12-7-5-4-6-8-12/h4-10H,1-3H3,(H,18,19,20). The van der Waals surface area contributed by atoms with Crippen LogP contribution in [-0.2, 0) is 4.74 Å². The molecule has 0 aliphatic carbocycles. The monoisotopic (exact) mass is 327 g/mol. The van der Waals surface area contributed by atoms with Crippen molar-refractivity contribution < 1.29 is 9.53 Å². The van der Waals surface area contributed by atoms with E-state index in [9.17, 15) is 4.79 Å². The Hall–Kier alpha value is -2.47. The number of carbonyl (C=O) groups is 1. The number of nitrogens with zero attached hydrogens (tertiary/aromatic N) is 2. The number of aryl methyl sites for hydroxylation is 1. The van der Waals surface area contributed by atoms with Crippen molar-refractivity contribution >= 4 is 39.0 Å². The lowest BCUT2D eigenvalue weighted by atomic mass is 10.2. The van der Waals surface area contributed by atoms with Crippen molar-refractivity contribution in [1.82, 2.24) is 9.97 Å². The van der Waals surface area contributed by atoms with E-state index in [0.717, 1.165) is 21.5 Å². The van der Waals surface area contributed by atoms with Crippen LogP contribution in [0.25, 0.3) is 10.2 Å². The molecule has 2 aromatic heterocycles. The lowest BCUT2D eigenvalue weighted by Crippen LogP contribution is -2.11. The van der Waals surface area contributed by atoms with E-state index in [1.807, 2.05) is 51.1 Å². The molecule has 0 radical (unpaired) electrons. The maximum absolute atomic E-state index is 12.2. The van der Waals surface area contributed by atoms with E-state index in [1.165, 1.54) is 17.7 Å². The largest absolute Gasteiger partial charge is 0.459 e. The number of fused-ring (bicyclic) bond motifs is 1. The van der Waals surface area contributed by atoms with Gasteiger partial charge < -0.3 is 10.1 Å². The molecule has 3 rings (SSSR count). The van der Waals surface area contributed by atoms with Crippen molar-refractivity contribution in [3.8, 4) is 0 Å². The molecule has 1 N–H and O–H groups in total. The zero-order valence-corrected chi connectivity index (χ0v) is 14.0. The minimum Gasteiger partial charge on any atom is -0.459 e. The van der Waals surface area contributed by atoms with Gasteiger partial charge in [0.2, 0.25) is 0 Å². The van der Waals surface area contributed by atoms with Gasteiger partial charge in [-0.15, -0.1) is 11.3 Å². The Kier molecular flexibility index (Phi) is 4.25. The quantitative estimate of drug-likeness (QED) is 0.723. The predicted octanol–water partition coefficient (Wildman–Crippen LogP) is 4.31. The molecular weight excluding hydrogens is 310 g/mol. The van der Waals surface area contributed by atoms with Gasteiger partial charge in [0.25, 0.3) is 0 Å². The van der Waals surface area contributed by atoms with Gasteiger partial charge in [0, 0.05) is 5.69 Å². The highest BCUT2D eigenvalue weighted by molar-refractivity contribution is 7.20. The number of ether oxygens (including phenoxy) is 1. The summed E-state index contributed by atoms with van der Waals surface area (Å²) in [6.45, 7) is 5.57. The molecule has 23 heavy (non-hydrogen) atoms. The minimum absolute atomic E-state index is 0.153. The van der Waals surface area contributed by atoms with Gasteiger partial charge in [0.05, 0.1) is 11.5 Å².